The molecular formula is C20H19N3O2. The predicted molar refractivity (Wildman–Crippen MR) is 97.5 cm³/mol. The van der Waals surface area contributed by atoms with Crippen LogP contribution < -0.4 is 4.74 Å². The van der Waals surface area contributed by atoms with Crippen LogP contribution in [-0.4, -0.2) is 47.7 Å². The van der Waals surface area contributed by atoms with Crippen LogP contribution in [0, 0.1) is 0 Å². The molecule has 25 heavy (non-hydrogen) atoms. The minimum atomic E-state index is -0.0171. The van der Waals surface area contributed by atoms with Gasteiger partial charge in [0.15, 0.2) is 5.75 Å². The molecule has 0 atom stereocenters. The molecule has 1 saturated heterocycles. The van der Waals surface area contributed by atoms with Gasteiger partial charge in [-0.3, -0.25) is 4.79 Å². The Kier molecular flexibility index (Phi) is 3.98. The molecule has 2 heterocycles. The van der Waals surface area contributed by atoms with E-state index < -0.39 is 0 Å². The van der Waals surface area contributed by atoms with Crippen molar-refractivity contribution in [2.24, 2.45) is 4.99 Å². The van der Waals surface area contributed by atoms with Crippen LogP contribution in [0.25, 0.3) is 0 Å². The number of fused-ring (bicyclic) bond motifs is 2. The average Bonchev–Trinajstić information content (AvgIpc) is 2.84. The topological polar surface area (TPSA) is 45.1 Å². The van der Waals surface area contributed by atoms with Gasteiger partial charge in [0.2, 0.25) is 5.91 Å². The second-order valence-electron chi connectivity index (χ2n) is 6.02. The van der Waals surface area contributed by atoms with Gasteiger partial charge in [-0.1, -0.05) is 30.8 Å². The van der Waals surface area contributed by atoms with Crippen LogP contribution in [0.2, 0.25) is 0 Å². The molecule has 1 fully saturated rings. The predicted octanol–water partition coefficient (Wildman–Crippen LogP) is 3.20. The highest BCUT2D eigenvalue weighted by atomic mass is 16.5. The van der Waals surface area contributed by atoms with Gasteiger partial charge in [0.1, 0.15) is 17.3 Å². The monoisotopic (exact) mass is 333 g/mol. The summed E-state index contributed by atoms with van der Waals surface area (Å²) in [5.74, 6) is 2.43. The summed E-state index contributed by atoms with van der Waals surface area (Å²) >= 11 is 0. The van der Waals surface area contributed by atoms with Crippen molar-refractivity contribution in [3.63, 3.8) is 0 Å². The third kappa shape index (κ3) is 2.89. The number of carbonyl (C=O) groups excluding carboxylic acids is 1. The summed E-state index contributed by atoms with van der Waals surface area (Å²) in [5, 5.41) is 0. The summed E-state index contributed by atoms with van der Waals surface area (Å²) in [5.41, 5.74) is 1.79. The number of benzene rings is 2. The minimum absolute atomic E-state index is 0.0171. The number of nitrogens with zero attached hydrogens (tertiary/aromatic N) is 3. The summed E-state index contributed by atoms with van der Waals surface area (Å²) in [7, 11) is 0. The molecule has 0 saturated carbocycles. The number of rotatable bonds is 1. The van der Waals surface area contributed by atoms with Crippen LogP contribution in [-0.2, 0) is 4.79 Å². The van der Waals surface area contributed by atoms with Gasteiger partial charge in [0.05, 0.1) is 5.56 Å². The first-order valence-corrected chi connectivity index (χ1v) is 8.37. The van der Waals surface area contributed by atoms with Gasteiger partial charge in [-0.2, -0.15) is 0 Å². The molecule has 0 N–H and O–H groups in total. The lowest BCUT2D eigenvalue weighted by Crippen LogP contribution is -2.50. The highest BCUT2D eigenvalue weighted by Crippen LogP contribution is 2.37. The molecule has 5 heteroatoms. The number of piperazine rings is 1. The van der Waals surface area contributed by atoms with E-state index in [-0.39, 0.29) is 5.91 Å². The van der Waals surface area contributed by atoms with Gasteiger partial charge in [-0.05, 0) is 30.3 Å². The first kappa shape index (κ1) is 15.4. The minimum Gasteiger partial charge on any atom is -0.454 e. The maximum absolute atomic E-state index is 11.8. The lowest BCUT2D eigenvalue weighted by molar-refractivity contribution is -0.127. The number of hydrogen-bond donors (Lipinski definition) is 0. The van der Waals surface area contributed by atoms with Gasteiger partial charge >= 0.3 is 0 Å². The van der Waals surface area contributed by atoms with E-state index in [1.165, 1.54) is 6.08 Å². The lowest BCUT2D eigenvalue weighted by atomic mass is 10.1. The Balaban J connectivity index is 1.69. The second-order valence-corrected chi connectivity index (χ2v) is 6.02. The molecule has 0 aromatic heterocycles. The Morgan fingerprint density at radius 1 is 1.00 bits per heavy atom. The number of amidine groups is 1. The molecule has 0 aliphatic carbocycles. The molecule has 126 valence electrons. The van der Waals surface area contributed by atoms with Crippen molar-refractivity contribution in [2.75, 3.05) is 26.2 Å². The van der Waals surface area contributed by atoms with Gasteiger partial charge in [0.25, 0.3) is 0 Å². The lowest BCUT2D eigenvalue weighted by Gasteiger charge is -2.36. The number of amides is 1. The first-order valence-electron chi connectivity index (χ1n) is 8.37. The van der Waals surface area contributed by atoms with E-state index in [1.807, 2.05) is 53.4 Å². The molecule has 2 aliphatic rings. The van der Waals surface area contributed by atoms with Gasteiger partial charge in [-0.25, -0.2) is 4.99 Å². The quantitative estimate of drug-likeness (QED) is 0.753. The van der Waals surface area contributed by atoms with Crippen molar-refractivity contribution in [3.05, 3.63) is 66.7 Å². The normalized spacial score (nSPS) is 16.1. The van der Waals surface area contributed by atoms with Crippen molar-refractivity contribution in [1.82, 2.24) is 9.80 Å². The highest BCUT2D eigenvalue weighted by Gasteiger charge is 2.26. The van der Waals surface area contributed by atoms with Crippen molar-refractivity contribution >= 4 is 17.4 Å². The second kappa shape index (κ2) is 6.43. The zero-order chi connectivity index (χ0) is 17.2. The van der Waals surface area contributed by atoms with Crippen LogP contribution in [0.4, 0.5) is 5.69 Å². The summed E-state index contributed by atoms with van der Waals surface area (Å²) in [4.78, 5) is 20.7. The van der Waals surface area contributed by atoms with Crippen LogP contribution in [0.15, 0.2) is 66.2 Å². The third-order valence-electron chi connectivity index (χ3n) is 4.50. The molecule has 0 radical (unpaired) electrons. The van der Waals surface area contributed by atoms with E-state index in [0.717, 1.165) is 41.7 Å². The van der Waals surface area contributed by atoms with E-state index >= 15 is 0 Å². The van der Waals surface area contributed by atoms with Crippen molar-refractivity contribution < 1.29 is 9.53 Å². The first-order chi connectivity index (χ1) is 12.3. The Morgan fingerprint density at radius 3 is 2.44 bits per heavy atom. The average molecular weight is 333 g/mol. The number of aliphatic imine (C=N–C) groups is 1. The largest absolute Gasteiger partial charge is 0.454 e. The third-order valence-corrected chi connectivity index (χ3v) is 4.50. The molecule has 2 aromatic rings. The fourth-order valence-electron chi connectivity index (χ4n) is 3.18. The van der Waals surface area contributed by atoms with E-state index in [9.17, 15) is 4.79 Å². The number of hydrogen-bond acceptors (Lipinski definition) is 4. The van der Waals surface area contributed by atoms with E-state index in [0.29, 0.717) is 13.1 Å². The van der Waals surface area contributed by atoms with E-state index in [4.69, 9.17) is 9.73 Å². The summed E-state index contributed by atoms with van der Waals surface area (Å²) in [6.07, 6.45) is 1.37. The Bertz CT molecular complexity index is 852. The zero-order valence-corrected chi connectivity index (χ0v) is 13.9. The number of para-hydroxylation sites is 3. The standard InChI is InChI=1S/C20H19N3O2/c1-2-19(24)22-11-13-23(14-12-22)20-15-7-3-5-9-17(15)25-18-10-6-4-8-16(18)21-20/h2-10H,1,11-14H2. The molecule has 2 aliphatic heterocycles. The highest BCUT2D eigenvalue weighted by molar-refractivity contribution is 6.03. The molecule has 0 bridgehead atoms. The Morgan fingerprint density at radius 2 is 1.68 bits per heavy atom. The summed E-state index contributed by atoms with van der Waals surface area (Å²) in [6.45, 7) is 6.35. The molecule has 4 rings (SSSR count). The molecule has 5 nitrogen and oxygen atoms in total. The summed E-state index contributed by atoms with van der Waals surface area (Å²) < 4.78 is 6.08. The number of ether oxygens (including phenoxy) is 1. The van der Waals surface area contributed by atoms with Gasteiger partial charge in [-0.15, -0.1) is 0 Å². The Hall–Kier alpha value is -3.08. The Labute approximate surface area is 146 Å². The molecule has 0 spiro atoms. The van der Waals surface area contributed by atoms with Crippen molar-refractivity contribution in [2.45, 2.75) is 0 Å². The smallest absolute Gasteiger partial charge is 0.246 e. The van der Waals surface area contributed by atoms with Crippen LogP contribution in [0.3, 0.4) is 0 Å². The molecule has 0 unspecified atom stereocenters. The van der Waals surface area contributed by atoms with Crippen LogP contribution >= 0.6 is 0 Å². The fourth-order valence-corrected chi connectivity index (χ4v) is 3.18. The van der Waals surface area contributed by atoms with Crippen molar-refractivity contribution in [1.29, 1.82) is 0 Å². The summed E-state index contributed by atoms with van der Waals surface area (Å²) in [6, 6.07) is 15.7. The zero-order valence-electron chi connectivity index (χ0n) is 13.9. The molecule has 2 aromatic carbocycles. The number of carbonyl (C=O) groups is 1. The molecular weight excluding hydrogens is 314 g/mol. The van der Waals surface area contributed by atoms with Crippen LogP contribution in [0.5, 0.6) is 11.5 Å². The molecule has 1 amide bonds. The van der Waals surface area contributed by atoms with Gasteiger partial charge in [0, 0.05) is 26.2 Å². The fraction of sp³-hybridized carbons (Fsp3) is 0.200. The van der Waals surface area contributed by atoms with E-state index in [1.54, 1.807) is 0 Å². The van der Waals surface area contributed by atoms with Crippen LogP contribution in [0.1, 0.15) is 5.56 Å². The van der Waals surface area contributed by atoms with Gasteiger partial charge < -0.3 is 14.5 Å². The van der Waals surface area contributed by atoms with E-state index in [2.05, 4.69) is 11.5 Å². The van der Waals surface area contributed by atoms with Crippen molar-refractivity contribution in [3.8, 4) is 11.5 Å². The SMILES string of the molecule is C=CC(=O)N1CCN(C2=Nc3ccccc3Oc3ccccc32)CC1. The maximum atomic E-state index is 11.8. The maximum Gasteiger partial charge on any atom is 0.246 e.